The van der Waals surface area contributed by atoms with Crippen LogP contribution in [0.5, 0.6) is 0 Å². The van der Waals surface area contributed by atoms with Gasteiger partial charge in [-0.25, -0.2) is 0 Å². The molecule has 0 aliphatic rings. The van der Waals surface area contributed by atoms with Crippen LogP contribution in [0.3, 0.4) is 0 Å². The van der Waals surface area contributed by atoms with Crippen LogP contribution < -0.4 is 0 Å². The Balaban J connectivity index is 1.31. The topological polar surface area (TPSA) is 77.3 Å². The van der Waals surface area contributed by atoms with Crippen molar-refractivity contribution in [2.45, 2.75) is 0 Å². The maximum atomic E-state index is 15.9. The van der Waals surface area contributed by atoms with Gasteiger partial charge in [-0.05, 0) is 0 Å². The average molecular weight is 972 g/mol. The first kappa shape index (κ1) is 35.0. The molecule has 0 aliphatic carbocycles. The first-order valence-electron chi connectivity index (χ1n) is 14.5. The molecule has 258 valence electrons. The number of hydrogen-bond donors (Lipinski definition) is 0. The Labute approximate surface area is 311 Å². The molecule has 6 aromatic heterocycles. The summed E-state index contributed by atoms with van der Waals surface area (Å²) in [5.41, 5.74) is -4.99. The van der Waals surface area contributed by atoms with E-state index in [1.807, 2.05) is 19.8 Å². The van der Waals surface area contributed by atoms with Crippen LogP contribution >= 0.6 is 0 Å². The van der Waals surface area contributed by atoms with Crippen LogP contribution in [-0.2, 0) is 0 Å². The number of benzene rings is 2. The van der Waals surface area contributed by atoms with Crippen molar-refractivity contribution in [3.8, 4) is 79.5 Å². The molecular formula is C34H12F8N6Se4. The predicted octanol–water partition coefficient (Wildman–Crippen LogP) is 7.07. The van der Waals surface area contributed by atoms with Crippen molar-refractivity contribution in [1.82, 2.24) is 29.9 Å². The molecule has 0 radical (unpaired) electrons. The van der Waals surface area contributed by atoms with Gasteiger partial charge in [-0.15, -0.1) is 0 Å². The molecule has 6 heterocycles. The summed E-state index contributed by atoms with van der Waals surface area (Å²) in [6.07, 6.45) is 0. The second-order valence-electron chi connectivity index (χ2n) is 10.7. The zero-order chi connectivity index (χ0) is 36.3. The normalized spacial score (nSPS) is 11.5. The maximum absolute atomic E-state index is 15.9. The SMILES string of the molecule is Fc1c(F)c(-c2c(F)c(F)c(-c3nc(-c4cc[se]c4)nc(-c4cc[se]c4)n3)c(F)c2F)c(F)c(F)c1-c1nc(-c2cc[se]c2)nc(-c2cc[se]c2)n1. The fourth-order valence-electron chi connectivity index (χ4n) is 5.15. The Morgan fingerprint density at radius 1 is 0.288 bits per heavy atom. The van der Waals surface area contributed by atoms with Crippen molar-refractivity contribution in [3.05, 3.63) is 110 Å². The first-order valence-corrected chi connectivity index (χ1v) is 22.4. The molecule has 0 unspecified atom stereocenters. The van der Waals surface area contributed by atoms with Crippen molar-refractivity contribution in [1.29, 1.82) is 0 Å². The molecule has 0 aliphatic heterocycles. The van der Waals surface area contributed by atoms with Crippen LogP contribution in [0.2, 0.25) is 0 Å². The third kappa shape index (κ3) is 6.03. The quantitative estimate of drug-likeness (QED) is 0.0968. The van der Waals surface area contributed by atoms with Crippen molar-refractivity contribution in [3.63, 3.8) is 0 Å². The van der Waals surface area contributed by atoms with Crippen molar-refractivity contribution >= 4 is 58.0 Å². The van der Waals surface area contributed by atoms with Crippen molar-refractivity contribution in [2.24, 2.45) is 0 Å². The monoisotopic (exact) mass is 976 g/mol. The fraction of sp³-hybridized carbons (Fsp3) is 0. The number of aromatic nitrogens is 6. The van der Waals surface area contributed by atoms with E-state index in [9.17, 15) is 0 Å². The Bertz CT molecular complexity index is 2270. The summed E-state index contributed by atoms with van der Waals surface area (Å²) in [7, 11) is 0. The number of hydrogen-bond acceptors (Lipinski definition) is 6. The summed E-state index contributed by atoms with van der Waals surface area (Å²) in [5, 5.41) is 0. The second kappa shape index (κ2) is 14.0. The Kier molecular flexibility index (Phi) is 9.44. The first-order chi connectivity index (χ1) is 25.1. The third-order valence-electron chi connectivity index (χ3n) is 7.61. The molecule has 8 aromatic rings. The van der Waals surface area contributed by atoms with E-state index in [1.165, 1.54) is 0 Å². The summed E-state index contributed by atoms with van der Waals surface area (Å²) in [4.78, 5) is 39.2. The molecule has 0 bridgehead atoms. The van der Waals surface area contributed by atoms with Gasteiger partial charge in [0.25, 0.3) is 0 Å². The summed E-state index contributed by atoms with van der Waals surface area (Å²) in [5.74, 6) is -19.8. The van der Waals surface area contributed by atoms with Gasteiger partial charge < -0.3 is 0 Å². The Morgan fingerprint density at radius 2 is 0.500 bits per heavy atom. The molecular weight excluding hydrogens is 960 g/mol. The number of halogens is 8. The van der Waals surface area contributed by atoms with Crippen LogP contribution in [-0.4, -0.2) is 87.9 Å². The van der Waals surface area contributed by atoms with Gasteiger partial charge >= 0.3 is 313 Å². The molecule has 8 rings (SSSR count). The summed E-state index contributed by atoms with van der Waals surface area (Å²) >= 11 is -0.247. The third-order valence-corrected chi connectivity index (χ3v) is 13.3. The standard InChI is InChI=1S/C34H12F8N6Se4/c35-21-17(22(36)26(40)19(25(21)39)33-45-29(13-1-5-49-9-13)43-30(46-33)14-2-6-50-10-14)18-23(37)27(41)20(28(42)24(18)38)34-47-31(15-3-7-51-11-15)44-32(48-34)16-4-8-52-12-16/h1-12H. The molecule has 0 saturated heterocycles. The van der Waals surface area contributed by atoms with Crippen LogP contribution in [0.25, 0.3) is 79.5 Å². The van der Waals surface area contributed by atoms with Gasteiger partial charge in [-0.1, -0.05) is 0 Å². The summed E-state index contributed by atoms with van der Waals surface area (Å²) in [6, 6.07) is 6.64. The van der Waals surface area contributed by atoms with E-state index in [4.69, 9.17) is 0 Å². The van der Waals surface area contributed by atoms with Crippen molar-refractivity contribution < 1.29 is 35.1 Å². The summed E-state index contributed by atoms with van der Waals surface area (Å²) in [6.45, 7) is 0. The molecule has 18 heteroatoms. The number of rotatable bonds is 7. The van der Waals surface area contributed by atoms with Gasteiger partial charge in [0, 0.05) is 0 Å². The molecule has 0 N–H and O–H groups in total. The molecule has 0 amide bonds. The van der Waals surface area contributed by atoms with Gasteiger partial charge in [0.05, 0.1) is 0 Å². The van der Waals surface area contributed by atoms with Gasteiger partial charge in [0.1, 0.15) is 0 Å². The minimum absolute atomic E-state index is 0.0446. The van der Waals surface area contributed by atoms with Crippen LogP contribution in [0, 0.1) is 46.5 Å². The Morgan fingerprint density at radius 3 is 0.712 bits per heavy atom. The van der Waals surface area contributed by atoms with Crippen molar-refractivity contribution in [2.75, 3.05) is 0 Å². The predicted molar refractivity (Wildman–Crippen MR) is 179 cm³/mol. The van der Waals surface area contributed by atoms with E-state index >= 15 is 35.1 Å². The van der Waals surface area contributed by atoms with Gasteiger partial charge in [0.15, 0.2) is 0 Å². The van der Waals surface area contributed by atoms with Gasteiger partial charge in [-0.3, -0.25) is 0 Å². The van der Waals surface area contributed by atoms with Crippen LogP contribution in [0.4, 0.5) is 35.1 Å². The molecule has 6 nitrogen and oxygen atoms in total. The van der Waals surface area contributed by atoms with E-state index in [2.05, 4.69) is 29.9 Å². The van der Waals surface area contributed by atoms with Crippen LogP contribution in [0.1, 0.15) is 0 Å². The van der Waals surface area contributed by atoms with E-state index in [-0.39, 0.29) is 81.3 Å². The minimum atomic E-state index is -2.35. The Hall–Kier alpha value is -4.10. The fourth-order valence-corrected chi connectivity index (χ4v) is 10.5. The molecule has 52 heavy (non-hydrogen) atoms. The molecule has 0 atom stereocenters. The van der Waals surface area contributed by atoms with E-state index in [0.717, 1.165) is 0 Å². The van der Waals surface area contributed by atoms with Gasteiger partial charge in [-0.2, -0.15) is 0 Å². The average Bonchev–Trinajstić information content (AvgIpc) is 3.99. The number of nitrogens with zero attached hydrogens (tertiary/aromatic N) is 6. The summed E-state index contributed by atoms with van der Waals surface area (Å²) < 4.78 is 127. The van der Waals surface area contributed by atoms with E-state index < -0.39 is 80.4 Å². The molecule has 0 saturated carbocycles. The van der Waals surface area contributed by atoms with E-state index in [1.54, 1.807) is 44.0 Å². The molecule has 2 aromatic carbocycles. The zero-order valence-corrected chi connectivity index (χ0v) is 32.1. The van der Waals surface area contributed by atoms with Crippen LogP contribution in [0.15, 0.2) is 63.8 Å². The van der Waals surface area contributed by atoms with Gasteiger partial charge in [0.2, 0.25) is 0 Å². The second-order valence-corrected chi connectivity index (χ2v) is 17.2. The van der Waals surface area contributed by atoms with E-state index in [0.29, 0.717) is 22.3 Å². The molecule has 0 fully saturated rings. The molecule has 0 spiro atoms. The zero-order valence-electron chi connectivity index (χ0n) is 25.3.